The first-order valence-electron chi connectivity index (χ1n) is 19.6. The van der Waals surface area contributed by atoms with Crippen LogP contribution in [0.2, 0.25) is 0 Å². The maximum Gasteiger partial charge on any atom is 0.0560 e. The summed E-state index contributed by atoms with van der Waals surface area (Å²) in [7, 11) is 0. The molecule has 264 valence electrons. The molecule has 0 radical (unpaired) electrons. The van der Waals surface area contributed by atoms with E-state index in [0.717, 1.165) is 19.3 Å². The van der Waals surface area contributed by atoms with Gasteiger partial charge in [-0.25, -0.2) is 0 Å². The van der Waals surface area contributed by atoms with Crippen molar-refractivity contribution in [3.05, 3.63) is 204 Å². The maximum absolute atomic E-state index is 2.57. The van der Waals surface area contributed by atoms with Gasteiger partial charge in [0, 0.05) is 50.7 Å². The Bertz CT molecular complexity index is 2620. The predicted octanol–water partition coefficient (Wildman–Crippen LogP) is 13.4. The van der Waals surface area contributed by atoms with Gasteiger partial charge in [0.1, 0.15) is 0 Å². The summed E-state index contributed by atoms with van der Waals surface area (Å²) in [5.41, 5.74) is 14.6. The van der Waals surface area contributed by atoms with Gasteiger partial charge in [0.15, 0.2) is 0 Å². The predicted molar refractivity (Wildman–Crippen MR) is 229 cm³/mol. The highest BCUT2D eigenvalue weighted by Crippen LogP contribution is 2.55. The molecule has 0 amide bonds. The van der Waals surface area contributed by atoms with E-state index in [-0.39, 0.29) is 10.8 Å². The molecular weight excluding hydrogens is 653 g/mol. The molecule has 10 rings (SSSR count). The van der Waals surface area contributed by atoms with Gasteiger partial charge in [-0.05, 0) is 100 Å². The third kappa shape index (κ3) is 5.22. The Hall–Kier alpha value is -5.86. The van der Waals surface area contributed by atoms with Crippen molar-refractivity contribution in [2.24, 2.45) is 5.92 Å². The number of benzene rings is 5. The molecule has 6 aromatic rings. The van der Waals surface area contributed by atoms with Crippen LogP contribution in [0.1, 0.15) is 62.8 Å². The Kier molecular flexibility index (Phi) is 7.66. The van der Waals surface area contributed by atoms with Crippen LogP contribution >= 0.6 is 0 Å². The number of fused-ring (bicyclic) bond motifs is 6. The normalized spacial score (nSPS) is 22.5. The van der Waals surface area contributed by atoms with E-state index in [1.165, 1.54) is 72.3 Å². The van der Waals surface area contributed by atoms with Crippen molar-refractivity contribution >= 4 is 33.1 Å². The van der Waals surface area contributed by atoms with Crippen molar-refractivity contribution in [1.29, 1.82) is 0 Å². The third-order valence-electron chi connectivity index (χ3n) is 12.8. The fourth-order valence-electron chi connectivity index (χ4n) is 9.92. The van der Waals surface area contributed by atoms with Crippen molar-refractivity contribution < 1.29 is 0 Å². The summed E-state index contributed by atoms with van der Waals surface area (Å²) in [5.74, 6) is 0.422. The Morgan fingerprint density at radius 1 is 0.648 bits per heavy atom. The number of rotatable bonds is 6. The van der Waals surface area contributed by atoms with Crippen molar-refractivity contribution in [3.8, 4) is 11.1 Å². The van der Waals surface area contributed by atoms with E-state index < -0.39 is 0 Å². The fourth-order valence-corrected chi connectivity index (χ4v) is 9.92. The first-order chi connectivity index (χ1) is 26.4. The largest absolute Gasteiger partial charge is 0.333 e. The van der Waals surface area contributed by atoms with Crippen LogP contribution in [0.3, 0.4) is 0 Å². The molecule has 0 N–H and O–H groups in total. The Morgan fingerprint density at radius 3 is 2.24 bits per heavy atom. The molecule has 4 aliphatic carbocycles. The van der Waals surface area contributed by atoms with E-state index in [1.807, 2.05) is 0 Å². The second kappa shape index (κ2) is 12.6. The first kappa shape index (κ1) is 32.8. The van der Waals surface area contributed by atoms with E-state index in [2.05, 4.69) is 206 Å². The Morgan fingerprint density at radius 2 is 1.41 bits per heavy atom. The highest BCUT2D eigenvalue weighted by atomic mass is 15.2. The zero-order valence-electron chi connectivity index (χ0n) is 31.4. The summed E-state index contributed by atoms with van der Waals surface area (Å²) in [6.45, 7) is 7.25. The second-order valence-corrected chi connectivity index (χ2v) is 16.4. The van der Waals surface area contributed by atoms with Crippen LogP contribution in [0.15, 0.2) is 187 Å². The van der Waals surface area contributed by atoms with Crippen LogP contribution in [0.4, 0.5) is 5.69 Å². The monoisotopic (exact) mass is 698 g/mol. The number of aromatic nitrogens is 1. The molecule has 0 saturated carbocycles. The van der Waals surface area contributed by atoms with Gasteiger partial charge in [0.2, 0.25) is 0 Å². The number of anilines is 1. The number of allylic oxidation sites excluding steroid dienone is 12. The van der Waals surface area contributed by atoms with Gasteiger partial charge < -0.3 is 9.47 Å². The lowest BCUT2D eigenvalue weighted by Crippen LogP contribution is -2.33. The van der Waals surface area contributed by atoms with Gasteiger partial charge in [-0.3, -0.25) is 0 Å². The van der Waals surface area contributed by atoms with Crippen LogP contribution in [0, 0.1) is 5.92 Å². The first-order valence-corrected chi connectivity index (χ1v) is 19.6. The molecule has 3 atom stereocenters. The van der Waals surface area contributed by atoms with Crippen molar-refractivity contribution in [2.75, 3.05) is 4.90 Å². The highest BCUT2D eigenvalue weighted by molar-refractivity contribution is 6.09. The molecule has 4 aliphatic rings. The SMILES string of the molecule is CC1(c2ccccc2)C=CC=C(N(C2=CC=C3c4ccccc4C(C)(C)C3C2)c2ccc(-c3ccc4c(c3)c3ccccc3n4C3C=CC=CC3)cc2)C1. The number of hydrogen-bond acceptors (Lipinski definition) is 1. The summed E-state index contributed by atoms with van der Waals surface area (Å²) in [5, 5.41) is 2.62. The van der Waals surface area contributed by atoms with E-state index >= 15 is 0 Å². The summed E-state index contributed by atoms with van der Waals surface area (Å²) >= 11 is 0. The third-order valence-corrected chi connectivity index (χ3v) is 12.8. The van der Waals surface area contributed by atoms with Crippen LogP contribution < -0.4 is 4.90 Å². The number of hydrogen-bond donors (Lipinski definition) is 0. The number of para-hydroxylation sites is 1. The average Bonchev–Trinajstić information content (AvgIpc) is 3.67. The van der Waals surface area contributed by atoms with Crippen molar-refractivity contribution in [2.45, 2.75) is 56.9 Å². The fraction of sp³-hybridized carbons (Fsp3) is 0.192. The van der Waals surface area contributed by atoms with Crippen molar-refractivity contribution in [1.82, 2.24) is 4.57 Å². The second-order valence-electron chi connectivity index (χ2n) is 16.4. The molecule has 1 heterocycles. The standard InChI is InChI=1S/C52H46N2/c1-51(2)47-22-12-10-20-43(47)44-30-29-41(34-48(44)51)53(42-19-14-32-52(3,35-42)38-15-6-4-7-16-38)40-27-24-36(25-28-40)37-26-31-50-46(33-37)45-21-11-13-23-49(45)54(50)39-17-8-5-9-18-39/h4-17,19-33,39,48H,18,34-35H2,1-3H3. The zero-order chi connectivity index (χ0) is 36.4. The molecule has 0 fully saturated rings. The molecular formula is C52H46N2. The van der Waals surface area contributed by atoms with Gasteiger partial charge in [-0.15, -0.1) is 0 Å². The smallest absolute Gasteiger partial charge is 0.0560 e. The molecule has 2 heteroatoms. The Labute approximate surface area is 319 Å². The van der Waals surface area contributed by atoms with Gasteiger partial charge in [-0.2, -0.15) is 0 Å². The number of nitrogens with zero attached hydrogens (tertiary/aromatic N) is 2. The van der Waals surface area contributed by atoms with Crippen LogP contribution in [0.25, 0.3) is 38.5 Å². The lowest BCUT2D eigenvalue weighted by molar-refractivity contribution is 0.405. The maximum atomic E-state index is 2.57. The summed E-state index contributed by atoms with van der Waals surface area (Å²) in [6, 6.07) is 45.6. The van der Waals surface area contributed by atoms with Gasteiger partial charge in [0.25, 0.3) is 0 Å². The quantitative estimate of drug-likeness (QED) is 0.168. The lowest BCUT2D eigenvalue weighted by atomic mass is 9.73. The topological polar surface area (TPSA) is 8.17 Å². The molecule has 1 aromatic heterocycles. The molecule has 0 aliphatic heterocycles. The molecule has 0 bridgehead atoms. The molecule has 2 nitrogen and oxygen atoms in total. The summed E-state index contributed by atoms with van der Waals surface area (Å²) in [4.78, 5) is 2.57. The molecule has 5 aromatic carbocycles. The van der Waals surface area contributed by atoms with Gasteiger partial charge in [-0.1, -0.05) is 154 Å². The van der Waals surface area contributed by atoms with E-state index in [0.29, 0.717) is 12.0 Å². The van der Waals surface area contributed by atoms with Gasteiger partial charge >= 0.3 is 0 Å². The molecule has 0 saturated heterocycles. The van der Waals surface area contributed by atoms with E-state index in [9.17, 15) is 0 Å². The minimum Gasteiger partial charge on any atom is -0.333 e. The minimum absolute atomic E-state index is 0.0581. The van der Waals surface area contributed by atoms with E-state index in [1.54, 1.807) is 0 Å². The zero-order valence-corrected chi connectivity index (χ0v) is 31.4. The van der Waals surface area contributed by atoms with Crippen molar-refractivity contribution in [3.63, 3.8) is 0 Å². The summed E-state index contributed by atoms with van der Waals surface area (Å²) in [6.07, 6.45) is 23.7. The Balaban J connectivity index is 1.04. The minimum atomic E-state index is -0.0963. The molecule has 54 heavy (non-hydrogen) atoms. The van der Waals surface area contributed by atoms with E-state index in [4.69, 9.17) is 0 Å². The lowest BCUT2D eigenvalue weighted by Gasteiger charge is -2.40. The molecule has 3 unspecified atom stereocenters. The van der Waals surface area contributed by atoms with Crippen LogP contribution in [-0.2, 0) is 10.8 Å². The summed E-state index contributed by atoms with van der Waals surface area (Å²) < 4.78 is 2.52. The van der Waals surface area contributed by atoms with Crippen LogP contribution in [-0.4, -0.2) is 4.57 Å². The van der Waals surface area contributed by atoms with Gasteiger partial charge in [0.05, 0.1) is 6.04 Å². The average molecular weight is 699 g/mol. The van der Waals surface area contributed by atoms with Crippen LogP contribution in [0.5, 0.6) is 0 Å². The molecule has 0 spiro atoms. The highest BCUT2D eigenvalue weighted by Gasteiger charge is 2.44.